The van der Waals surface area contributed by atoms with E-state index < -0.39 is 0 Å². The number of benzene rings is 2. The van der Waals surface area contributed by atoms with Crippen LogP contribution in [-0.2, 0) is 19.5 Å². The topological polar surface area (TPSA) is 44.8 Å². The highest BCUT2D eigenvalue weighted by atomic mass is 35.5. The van der Waals surface area contributed by atoms with Crippen LogP contribution >= 0.6 is 11.6 Å². The zero-order valence-corrected chi connectivity index (χ0v) is 15.6. The number of fused-ring (bicyclic) bond motifs is 2. The van der Waals surface area contributed by atoms with Crippen molar-refractivity contribution in [3.63, 3.8) is 0 Å². The van der Waals surface area contributed by atoms with Gasteiger partial charge in [-0.3, -0.25) is 4.90 Å². The van der Waals surface area contributed by atoms with E-state index >= 15 is 0 Å². The van der Waals surface area contributed by atoms with Gasteiger partial charge < -0.3 is 4.98 Å². The molecule has 0 bridgehead atoms. The van der Waals surface area contributed by atoms with Crippen molar-refractivity contribution in [2.45, 2.75) is 19.5 Å². The van der Waals surface area contributed by atoms with E-state index in [4.69, 9.17) is 16.6 Å². The Morgan fingerprint density at radius 3 is 2.85 bits per heavy atom. The van der Waals surface area contributed by atoms with Gasteiger partial charge in [-0.05, 0) is 53.9 Å². The summed E-state index contributed by atoms with van der Waals surface area (Å²) in [7, 11) is 0. The van der Waals surface area contributed by atoms with Crippen LogP contribution in [0.4, 0.5) is 0 Å². The van der Waals surface area contributed by atoms with Gasteiger partial charge in [-0.15, -0.1) is 0 Å². The number of nitrogens with one attached hydrogen (secondary N) is 1. The van der Waals surface area contributed by atoms with E-state index in [9.17, 15) is 0 Å². The van der Waals surface area contributed by atoms with E-state index in [0.29, 0.717) is 0 Å². The van der Waals surface area contributed by atoms with Crippen molar-refractivity contribution in [2.75, 3.05) is 6.54 Å². The highest BCUT2D eigenvalue weighted by Crippen LogP contribution is 2.25. The monoisotopic (exact) mass is 374 g/mol. The lowest BCUT2D eigenvalue weighted by Gasteiger charge is -2.28. The van der Waals surface area contributed by atoms with Gasteiger partial charge in [-0.1, -0.05) is 23.7 Å². The van der Waals surface area contributed by atoms with Crippen LogP contribution in [0.15, 0.2) is 60.9 Å². The van der Waals surface area contributed by atoms with Crippen molar-refractivity contribution in [1.82, 2.24) is 19.9 Å². The maximum absolute atomic E-state index is 5.99. The number of nitrogens with zero attached hydrogens (tertiary/aromatic N) is 3. The molecule has 2 aromatic heterocycles. The van der Waals surface area contributed by atoms with Gasteiger partial charge in [0.15, 0.2) is 5.82 Å². The Labute approximate surface area is 162 Å². The van der Waals surface area contributed by atoms with Crippen LogP contribution < -0.4 is 0 Å². The molecule has 134 valence electrons. The molecular weight excluding hydrogens is 356 g/mol. The second kappa shape index (κ2) is 6.80. The average Bonchev–Trinajstić information content (AvgIpc) is 3.18. The largest absolute Gasteiger partial charge is 0.361 e. The van der Waals surface area contributed by atoms with Gasteiger partial charge >= 0.3 is 0 Å². The number of rotatable bonds is 3. The quantitative estimate of drug-likeness (QED) is 0.558. The van der Waals surface area contributed by atoms with Crippen LogP contribution in [0.2, 0.25) is 5.02 Å². The smallest absolute Gasteiger partial charge is 0.159 e. The molecule has 0 fully saturated rings. The van der Waals surface area contributed by atoms with Crippen molar-refractivity contribution in [2.24, 2.45) is 0 Å². The standard InChI is InChI=1S/C22H19ClN4/c23-18-6-4-15(5-7-18)22-25-12-16-9-11-27(14-21(16)26-22)13-17-2-1-3-20-19(17)8-10-24-20/h1-8,10,12,24H,9,11,13-14H2. The van der Waals surface area contributed by atoms with E-state index in [1.54, 1.807) is 0 Å². The van der Waals surface area contributed by atoms with Gasteiger partial charge in [0.1, 0.15) is 0 Å². The molecule has 4 aromatic rings. The molecule has 0 unspecified atom stereocenters. The van der Waals surface area contributed by atoms with Crippen LogP contribution in [0.25, 0.3) is 22.3 Å². The van der Waals surface area contributed by atoms with Gasteiger partial charge in [0.2, 0.25) is 0 Å². The fourth-order valence-corrected chi connectivity index (χ4v) is 3.89. The van der Waals surface area contributed by atoms with Crippen molar-refractivity contribution in [3.8, 4) is 11.4 Å². The van der Waals surface area contributed by atoms with Crippen molar-refractivity contribution in [1.29, 1.82) is 0 Å². The molecule has 0 saturated carbocycles. The normalized spacial score (nSPS) is 14.4. The van der Waals surface area contributed by atoms with Gasteiger partial charge in [-0.25, -0.2) is 9.97 Å². The number of aromatic nitrogens is 3. The summed E-state index contributed by atoms with van der Waals surface area (Å²) in [6.07, 6.45) is 4.97. The average molecular weight is 375 g/mol. The maximum Gasteiger partial charge on any atom is 0.159 e. The van der Waals surface area contributed by atoms with Crippen LogP contribution in [0.3, 0.4) is 0 Å². The molecule has 0 aliphatic carbocycles. The van der Waals surface area contributed by atoms with E-state index in [-0.39, 0.29) is 0 Å². The molecule has 5 rings (SSSR count). The number of hydrogen-bond donors (Lipinski definition) is 1. The van der Waals surface area contributed by atoms with E-state index in [0.717, 1.165) is 48.2 Å². The Balaban J connectivity index is 1.41. The third-order valence-corrected chi connectivity index (χ3v) is 5.46. The zero-order chi connectivity index (χ0) is 18.2. The summed E-state index contributed by atoms with van der Waals surface area (Å²) < 4.78 is 0. The first-order valence-corrected chi connectivity index (χ1v) is 9.52. The first-order chi connectivity index (χ1) is 13.3. The number of halogens is 1. The van der Waals surface area contributed by atoms with Crippen molar-refractivity contribution < 1.29 is 0 Å². The van der Waals surface area contributed by atoms with Crippen molar-refractivity contribution in [3.05, 3.63) is 82.8 Å². The summed E-state index contributed by atoms with van der Waals surface area (Å²) in [5.74, 6) is 0.764. The fourth-order valence-electron chi connectivity index (χ4n) is 3.76. The lowest BCUT2D eigenvalue weighted by Crippen LogP contribution is -2.31. The molecule has 0 radical (unpaired) electrons. The SMILES string of the molecule is Clc1ccc(-c2ncc3c(n2)CN(Cc2cccc4[nH]ccc24)CC3)cc1. The second-order valence-corrected chi connectivity index (χ2v) is 7.43. The van der Waals surface area contributed by atoms with Gasteiger partial charge in [0.05, 0.1) is 5.69 Å². The number of H-pyrrole nitrogens is 1. The fraction of sp³-hybridized carbons (Fsp3) is 0.182. The molecule has 1 aliphatic heterocycles. The molecule has 5 heteroatoms. The maximum atomic E-state index is 5.99. The van der Waals surface area contributed by atoms with E-state index in [2.05, 4.69) is 39.1 Å². The molecule has 2 aromatic carbocycles. The molecule has 0 amide bonds. The van der Waals surface area contributed by atoms with Crippen molar-refractivity contribution >= 4 is 22.5 Å². The predicted molar refractivity (Wildman–Crippen MR) is 109 cm³/mol. The number of hydrogen-bond acceptors (Lipinski definition) is 3. The first kappa shape index (κ1) is 16.5. The summed E-state index contributed by atoms with van der Waals surface area (Å²) in [5, 5.41) is 2.02. The summed E-state index contributed by atoms with van der Waals surface area (Å²) in [5.41, 5.74) is 5.92. The predicted octanol–water partition coefficient (Wildman–Crippen LogP) is 4.84. The molecule has 4 nitrogen and oxygen atoms in total. The summed E-state index contributed by atoms with van der Waals surface area (Å²) in [4.78, 5) is 15.2. The lowest BCUT2D eigenvalue weighted by atomic mass is 10.0. The van der Waals surface area contributed by atoms with Crippen LogP contribution in [-0.4, -0.2) is 26.4 Å². The molecule has 0 spiro atoms. The Kier molecular flexibility index (Phi) is 4.15. The number of aromatic amines is 1. The molecule has 27 heavy (non-hydrogen) atoms. The molecule has 1 aliphatic rings. The minimum atomic E-state index is 0.724. The van der Waals surface area contributed by atoms with Gasteiger partial charge in [0, 0.05) is 53.5 Å². The van der Waals surface area contributed by atoms with Crippen LogP contribution in [0.1, 0.15) is 16.8 Å². The third-order valence-electron chi connectivity index (χ3n) is 5.21. The minimum absolute atomic E-state index is 0.724. The molecular formula is C22H19ClN4. The minimum Gasteiger partial charge on any atom is -0.361 e. The van der Waals surface area contributed by atoms with Gasteiger partial charge in [-0.2, -0.15) is 0 Å². The van der Waals surface area contributed by atoms with Gasteiger partial charge in [0.25, 0.3) is 0 Å². The summed E-state index contributed by atoms with van der Waals surface area (Å²) in [6, 6.07) is 16.3. The Morgan fingerprint density at radius 1 is 1.07 bits per heavy atom. The first-order valence-electron chi connectivity index (χ1n) is 9.14. The second-order valence-electron chi connectivity index (χ2n) is 6.99. The highest BCUT2D eigenvalue weighted by Gasteiger charge is 2.19. The third kappa shape index (κ3) is 3.22. The summed E-state index contributed by atoms with van der Waals surface area (Å²) in [6.45, 7) is 2.80. The molecule has 0 saturated heterocycles. The molecule has 0 atom stereocenters. The van der Waals surface area contributed by atoms with E-state index in [1.165, 1.54) is 22.0 Å². The zero-order valence-electron chi connectivity index (χ0n) is 14.8. The Morgan fingerprint density at radius 2 is 1.96 bits per heavy atom. The molecule has 1 N–H and O–H groups in total. The Hall–Kier alpha value is -2.69. The van der Waals surface area contributed by atoms with Crippen LogP contribution in [0, 0.1) is 0 Å². The highest BCUT2D eigenvalue weighted by molar-refractivity contribution is 6.30. The molecule has 3 heterocycles. The Bertz CT molecular complexity index is 1100. The lowest BCUT2D eigenvalue weighted by molar-refractivity contribution is 0.242. The van der Waals surface area contributed by atoms with Crippen LogP contribution in [0.5, 0.6) is 0 Å². The van der Waals surface area contributed by atoms with E-state index in [1.807, 2.05) is 36.7 Å². The summed E-state index contributed by atoms with van der Waals surface area (Å²) >= 11 is 5.99.